The first-order valence-electron chi connectivity index (χ1n) is 7.69. The molecule has 0 saturated carbocycles. The van der Waals surface area contributed by atoms with E-state index < -0.39 is 46.0 Å². The van der Waals surface area contributed by atoms with Gasteiger partial charge in [-0.05, 0) is 35.9 Å². The number of halogens is 4. The Hall–Kier alpha value is -3.50. The number of hydrogen-bond donors (Lipinski definition) is 2. The number of nitrogens with two attached hydrogens (primary N) is 1. The minimum atomic E-state index is -4.57. The fourth-order valence-corrected chi connectivity index (χ4v) is 2.34. The monoisotopic (exact) mass is 399 g/mol. The third-order valence-corrected chi connectivity index (χ3v) is 3.77. The van der Waals surface area contributed by atoms with E-state index in [0.29, 0.717) is 12.1 Å². The highest BCUT2D eigenvalue weighted by molar-refractivity contribution is 5.97. The van der Waals surface area contributed by atoms with Gasteiger partial charge in [-0.15, -0.1) is 0 Å². The van der Waals surface area contributed by atoms with Crippen molar-refractivity contribution in [2.75, 3.05) is 0 Å². The maximum Gasteiger partial charge on any atom is 0.416 e. The molecule has 0 aliphatic carbocycles. The lowest BCUT2D eigenvalue weighted by molar-refractivity contribution is -0.387. The van der Waals surface area contributed by atoms with Crippen molar-refractivity contribution >= 4 is 17.5 Å². The molecule has 2 aromatic rings. The van der Waals surface area contributed by atoms with Crippen molar-refractivity contribution in [3.63, 3.8) is 0 Å². The largest absolute Gasteiger partial charge is 0.416 e. The highest BCUT2D eigenvalue weighted by Crippen LogP contribution is 2.29. The van der Waals surface area contributed by atoms with Crippen LogP contribution in [0.3, 0.4) is 0 Å². The van der Waals surface area contributed by atoms with E-state index in [9.17, 15) is 37.3 Å². The maximum absolute atomic E-state index is 13.4. The minimum absolute atomic E-state index is 0.149. The molecule has 0 spiro atoms. The van der Waals surface area contributed by atoms with Crippen LogP contribution in [0.15, 0.2) is 42.5 Å². The second-order valence-corrected chi connectivity index (χ2v) is 5.75. The highest BCUT2D eigenvalue weighted by atomic mass is 19.4. The van der Waals surface area contributed by atoms with Crippen LogP contribution in [-0.2, 0) is 17.4 Å². The summed E-state index contributed by atoms with van der Waals surface area (Å²) in [7, 11) is 0. The summed E-state index contributed by atoms with van der Waals surface area (Å²) in [5.74, 6) is -2.92. The van der Waals surface area contributed by atoms with E-state index in [2.05, 4.69) is 5.32 Å². The predicted octanol–water partition coefficient (Wildman–Crippen LogP) is 2.58. The fraction of sp³-hybridized carbons (Fsp3) is 0.176. The van der Waals surface area contributed by atoms with E-state index in [4.69, 9.17) is 5.73 Å². The van der Waals surface area contributed by atoms with Gasteiger partial charge in [0, 0.05) is 18.1 Å². The second-order valence-electron chi connectivity index (χ2n) is 5.75. The third-order valence-electron chi connectivity index (χ3n) is 3.77. The summed E-state index contributed by atoms with van der Waals surface area (Å²) < 4.78 is 51.1. The number of nitro benzene ring substituents is 1. The van der Waals surface area contributed by atoms with Gasteiger partial charge in [0.1, 0.15) is 6.04 Å². The first-order chi connectivity index (χ1) is 13.0. The normalized spacial score (nSPS) is 12.3. The minimum Gasteiger partial charge on any atom is -0.368 e. The molecule has 7 nitrogen and oxygen atoms in total. The summed E-state index contributed by atoms with van der Waals surface area (Å²) in [5.41, 5.74) is 3.46. The van der Waals surface area contributed by atoms with Gasteiger partial charge in [-0.2, -0.15) is 17.6 Å². The molecule has 0 bridgehead atoms. The quantitative estimate of drug-likeness (QED) is 0.441. The summed E-state index contributed by atoms with van der Waals surface area (Å²) in [6, 6.07) is 4.87. The topological polar surface area (TPSA) is 115 Å². The number of nitrogens with one attached hydrogen (secondary N) is 1. The van der Waals surface area contributed by atoms with Crippen molar-refractivity contribution in [3.05, 3.63) is 75.1 Å². The Kier molecular flexibility index (Phi) is 5.96. The number of amides is 2. The molecule has 2 amide bonds. The van der Waals surface area contributed by atoms with Crippen molar-refractivity contribution in [2.45, 2.75) is 18.6 Å². The number of primary amides is 1. The summed E-state index contributed by atoms with van der Waals surface area (Å²) >= 11 is 0. The molecule has 0 unspecified atom stereocenters. The average Bonchev–Trinajstić information content (AvgIpc) is 2.61. The molecule has 0 aliphatic rings. The summed E-state index contributed by atoms with van der Waals surface area (Å²) in [6.45, 7) is 0. The van der Waals surface area contributed by atoms with E-state index in [1.165, 1.54) is 6.07 Å². The molecule has 11 heteroatoms. The van der Waals surface area contributed by atoms with Crippen LogP contribution in [0.1, 0.15) is 21.5 Å². The van der Waals surface area contributed by atoms with Crippen molar-refractivity contribution in [2.24, 2.45) is 5.73 Å². The zero-order chi connectivity index (χ0) is 21.1. The molecular formula is C17H13F4N3O4. The Bertz CT molecular complexity index is 914. The molecule has 0 fully saturated rings. The number of nitrogens with zero attached hydrogens (tertiary/aromatic N) is 1. The van der Waals surface area contributed by atoms with Gasteiger partial charge in [0.05, 0.1) is 10.5 Å². The van der Waals surface area contributed by atoms with Crippen molar-refractivity contribution in [1.29, 1.82) is 0 Å². The van der Waals surface area contributed by atoms with Gasteiger partial charge >= 0.3 is 11.9 Å². The average molecular weight is 399 g/mol. The molecule has 0 aromatic heterocycles. The van der Waals surface area contributed by atoms with Gasteiger partial charge < -0.3 is 11.1 Å². The SMILES string of the molecule is NC(=O)[C@H](Cc1ccc(F)c([N+](=O)[O-])c1)NC(=O)c1ccc(C(F)(F)F)cc1. The van der Waals surface area contributed by atoms with Crippen LogP contribution < -0.4 is 11.1 Å². The second kappa shape index (κ2) is 8.03. The molecule has 148 valence electrons. The van der Waals surface area contributed by atoms with Crippen LogP contribution in [-0.4, -0.2) is 22.8 Å². The Balaban J connectivity index is 2.17. The molecule has 28 heavy (non-hydrogen) atoms. The van der Waals surface area contributed by atoms with E-state index in [0.717, 1.165) is 24.3 Å². The number of benzene rings is 2. The maximum atomic E-state index is 13.4. The number of nitro groups is 1. The summed E-state index contributed by atoms with van der Waals surface area (Å²) in [6.07, 6.45) is -4.84. The number of carbonyl (C=O) groups is 2. The molecular weight excluding hydrogens is 386 g/mol. The van der Waals surface area contributed by atoms with E-state index in [-0.39, 0.29) is 17.5 Å². The Labute approximate surface area is 155 Å². The van der Waals surface area contributed by atoms with Crippen LogP contribution in [0.4, 0.5) is 23.2 Å². The molecule has 0 heterocycles. The zero-order valence-electron chi connectivity index (χ0n) is 14.0. The molecule has 0 aliphatic heterocycles. The number of rotatable bonds is 6. The van der Waals surface area contributed by atoms with Crippen LogP contribution in [0, 0.1) is 15.9 Å². The van der Waals surface area contributed by atoms with E-state index in [1.54, 1.807) is 0 Å². The Morgan fingerprint density at radius 3 is 2.25 bits per heavy atom. The molecule has 1 atom stereocenters. The highest BCUT2D eigenvalue weighted by Gasteiger charge is 2.30. The first kappa shape index (κ1) is 20.8. The van der Waals surface area contributed by atoms with Crippen molar-refractivity contribution < 1.29 is 32.1 Å². The van der Waals surface area contributed by atoms with E-state index >= 15 is 0 Å². The number of alkyl halides is 3. The Morgan fingerprint density at radius 1 is 1.14 bits per heavy atom. The summed E-state index contributed by atoms with van der Waals surface area (Å²) in [4.78, 5) is 33.6. The van der Waals surface area contributed by atoms with Crippen LogP contribution in [0.5, 0.6) is 0 Å². The Morgan fingerprint density at radius 2 is 1.75 bits per heavy atom. The molecule has 0 radical (unpaired) electrons. The van der Waals surface area contributed by atoms with Crippen LogP contribution >= 0.6 is 0 Å². The van der Waals surface area contributed by atoms with Gasteiger partial charge in [0.15, 0.2) is 0 Å². The van der Waals surface area contributed by atoms with Crippen molar-refractivity contribution in [1.82, 2.24) is 5.32 Å². The van der Waals surface area contributed by atoms with Crippen LogP contribution in [0.2, 0.25) is 0 Å². The molecule has 0 saturated heterocycles. The zero-order valence-corrected chi connectivity index (χ0v) is 14.0. The lowest BCUT2D eigenvalue weighted by Crippen LogP contribution is -2.45. The van der Waals surface area contributed by atoms with Gasteiger partial charge in [0.2, 0.25) is 11.7 Å². The van der Waals surface area contributed by atoms with Gasteiger partial charge in [-0.1, -0.05) is 6.07 Å². The lowest BCUT2D eigenvalue weighted by atomic mass is 10.0. The van der Waals surface area contributed by atoms with Gasteiger partial charge in [-0.3, -0.25) is 19.7 Å². The molecule has 2 aromatic carbocycles. The smallest absolute Gasteiger partial charge is 0.368 e. The van der Waals surface area contributed by atoms with E-state index in [1.807, 2.05) is 0 Å². The number of carbonyl (C=O) groups excluding carboxylic acids is 2. The van der Waals surface area contributed by atoms with Crippen LogP contribution in [0.25, 0.3) is 0 Å². The fourth-order valence-electron chi connectivity index (χ4n) is 2.34. The predicted molar refractivity (Wildman–Crippen MR) is 88.7 cm³/mol. The lowest BCUT2D eigenvalue weighted by Gasteiger charge is -2.16. The first-order valence-corrected chi connectivity index (χ1v) is 7.69. The molecule has 3 N–H and O–H groups in total. The third kappa shape index (κ3) is 5.02. The standard InChI is InChI=1S/C17H13F4N3O4/c18-12-6-1-9(8-14(12)24(27)28)7-13(15(22)25)23-16(26)10-2-4-11(5-3-10)17(19,20)21/h1-6,8,13H,7H2,(H2,22,25)(H,23,26)/t13-/m0/s1. The van der Waals surface area contributed by atoms with Crippen molar-refractivity contribution in [3.8, 4) is 0 Å². The number of hydrogen-bond acceptors (Lipinski definition) is 4. The summed E-state index contributed by atoms with van der Waals surface area (Å²) in [5, 5.41) is 13.0. The molecule has 2 rings (SSSR count). The van der Waals surface area contributed by atoms with Gasteiger partial charge in [0.25, 0.3) is 5.91 Å². The van der Waals surface area contributed by atoms with Gasteiger partial charge in [-0.25, -0.2) is 0 Å².